The summed E-state index contributed by atoms with van der Waals surface area (Å²) in [5.41, 5.74) is 0.760. The van der Waals surface area contributed by atoms with Crippen LogP contribution in [0.5, 0.6) is 0 Å². The van der Waals surface area contributed by atoms with Crippen LogP contribution in [0.15, 0.2) is 24.3 Å². The molecule has 0 radical (unpaired) electrons. The lowest BCUT2D eigenvalue weighted by molar-refractivity contribution is -0.114. The molecule has 1 heterocycles. The first kappa shape index (κ1) is 16.1. The average Bonchev–Trinajstić information content (AvgIpc) is 2.81. The zero-order valence-corrected chi connectivity index (χ0v) is 16.4. The Kier molecular flexibility index (Phi) is 3.24. The van der Waals surface area contributed by atoms with Crippen LogP contribution in [0.3, 0.4) is 0 Å². The zero-order chi connectivity index (χ0) is 17.4. The van der Waals surface area contributed by atoms with Gasteiger partial charge in [0.15, 0.2) is 0 Å². The Hall–Kier alpha value is -1.06. The third-order valence-corrected chi connectivity index (χ3v) is 8.42. The van der Waals surface area contributed by atoms with E-state index in [0.717, 1.165) is 35.3 Å². The van der Waals surface area contributed by atoms with Gasteiger partial charge in [-0.1, -0.05) is 43.6 Å². The Morgan fingerprint density at radius 1 is 1.12 bits per heavy atom. The van der Waals surface area contributed by atoms with Gasteiger partial charge in [-0.25, -0.2) is 0 Å². The Bertz CT molecular complexity index is 869. The van der Waals surface area contributed by atoms with E-state index in [2.05, 4.69) is 19.2 Å². The third kappa shape index (κ3) is 2.46. The molecule has 4 fully saturated rings. The maximum atomic E-state index is 13.1. The summed E-state index contributed by atoms with van der Waals surface area (Å²) in [6.07, 6.45) is 7.39. The highest BCUT2D eigenvalue weighted by molar-refractivity contribution is 7.21. The lowest BCUT2D eigenvalue weighted by Gasteiger charge is -2.65. The minimum Gasteiger partial charge on any atom is -0.346 e. The van der Waals surface area contributed by atoms with Gasteiger partial charge in [-0.15, -0.1) is 11.3 Å². The van der Waals surface area contributed by atoms with Crippen molar-refractivity contribution >= 4 is 38.9 Å². The van der Waals surface area contributed by atoms with Crippen LogP contribution in [0, 0.1) is 16.7 Å². The van der Waals surface area contributed by atoms with Gasteiger partial charge in [0.2, 0.25) is 0 Å². The van der Waals surface area contributed by atoms with Gasteiger partial charge < -0.3 is 5.32 Å². The standard InChI is InChI=1S/C21H24ClNOS/c1-19-7-13-8-20(2,10-19)12-21(9-13,11-19)23-18(24)17-16(22)14-5-3-4-6-15(14)25-17/h3-6,13H,7-12H2,1-2H3,(H,23,24). The minimum atomic E-state index is -0.0283. The van der Waals surface area contributed by atoms with E-state index < -0.39 is 0 Å². The molecule has 0 spiro atoms. The number of hydrogen-bond acceptors (Lipinski definition) is 2. The van der Waals surface area contributed by atoms with E-state index in [9.17, 15) is 4.79 Å². The topological polar surface area (TPSA) is 29.1 Å². The van der Waals surface area contributed by atoms with Gasteiger partial charge in [-0.3, -0.25) is 4.79 Å². The van der Waals surface area contributed by atoms with Crippen LogP contribution in [0.2, 0.25) is 5.02 Å². The van der Waals surface area contributed by atoms with Crippen LogP contribution < -0.4 is 5.32 Å². The fraction of sp³-hybridized carbons (Fsp3) is 0.571. The summed E-state index contributed by atoms with van der Waals surface area (Å²) in [7, 11) is 0. The van der Waals surface area contributed by atoms with Crippen molar-refractivity contribution < 1.29 is 4.79 Å². The summed E-state index contributed by atoms with van der Waals surface area (Å²) in [4.78, 5) is 13.8. The smallest absolute Gasteiger partial charge is 0.263 e. The maximum absolute atomic E-state index is 13.1. The van der Waals surface area contributed by atoms with E-state index in [1.165, 1.54) is 30.6 Å². The molecule has 2 aromatic rings. The number of halogens is 1. The third-order valence-electron chi connectivity index (χ3n) is 6.75. The predicted octanol–water partition coefficient (Wildman–Crippen LogP) is 6.03. The fourth-order valence-electron chi connectivity index (χ4n) is 7.04. The van der Waals surface area contributed by atoms with E-state index in [4.69, 9.17) is 11.6 Å². The average molecular weight is 374 g/mol. The molecule has 6 rings (SSSR count). The van der Waals surface area contributed by atoms with Gasteiger partial charge in [0.25, 0.3) is 5.91 Å². The summed E-state index contributed by atoms with van der Waals surface area (Å²) in [6.45, 7) is 4.87. The lowest BCUT2D eigenvalue weighted by Crippen LogP contribution is -2.65. The first-order valence-electron chi connectivity index (χ1n) is 9.29. The second kappa shape index (κ2) is 5.01. The molecule has 4 bridgehead atoms. The Morgan fingerprint density at radius 2 is 1.80 bits per heavy atom. The molecule has 132 valence electrons. The van der Waals surface area contributed by atoms with Gasteiger partial charge >= 0.3 is 0 Å². The second-order valence-electron chi connectivity index (χ2n) is 9.61. The Morgan fingerprint density at radius 3 is 2.44 bits per heavy atom. The number of carbonyl (C=O) groups excluding carboxylic acids is 1. The first-order chi connectivity index (χ1) is 11.8. The number of carbonyl (C=O) groups is 1. The van der Waals surface area contributed by atoms with Crippen molar-refractivity contribution in [3.63, 3.8) is 0 Å². The SMILES string of the molecule is CC12CC3CC(C)(C1)CC(NC(=O)c1sc4ccccc4c1Cl)(C3)C2. The number of nitrogens with one attached hydrogen (secondary N) is 1. The van der Waals surface area contributed by atoms with Crippen molar-refractivity contribution in [2.24, 2.45) is 16.7 Å². The van der Waals surface area contributed by atoms with E-state index in [1.807, 2.05) is 24.3 Å². The van der Waals surface area contributed by atoms with Crippen molar-refractivity contribution in [1.82, 2.24) is 5.32 Å². The number of thiophene rings is 1. The Labute approximate surface area is 157 Å². The van der Waals surface area contributed by atoms with Crippen LogP contribution in [-0.2, 0) is 0 Å². The van der Waals surface area contributed by atoms with E-state index in [0.29, 0.717) is 20.7 Å². The molecule has 0 aliphatic heterocycles. The molecule has 1 N–H and O–H groups in total. The summed E-state index contributed by atoms with van der Waals surface area (Å²) < 4.78 is 1.09. The van der Waals surface area contributed by atoms with Gasteiger partial charge in [0.05, 0.1) is 5.02 Å². The summed E-state index contributed by atoms with van der Waals surface area (Å²) in [6, 6.07) is 8.01. The number of amides is 1. The van der Waals surface area contributed by atoms with Crippen molar-refractivity contribution in [3.05, 3.63) is 34.2 Å². The molecule has 4 saturated carbocycles. The molecule has 1 amide bonds. The van der Waals surface area contributed by atoms with Crippen LogP contribution in [0.4, 0.5) is 0 Å². The number of hydrogen-bond donors (Lipinski definition) is 1. The maximum Gasteiger partial charge on any atom is 0.263 e. The highest BCUT2D eigenvalue weighted by Gasteiger charge is 2.60. The predicted molar refractivity (Wildman–Crippen MR) is 104 cm³/mol. The molecule has 25 heavy (non-hydrogen) atoms. The Balaban J connectivity index is 1.48. The van der Waals surface area contributed by atoms with Crippen molar-refractivity contribution in [2.75, 3.05) is 0 Å². The number of benzene rings is 1. The molecule has 0 saturated heterocycles. The summed E-state index contributed by atoms with van der Waals surface area (Å²) >= 11 is 8.06. The van der Waals surface area contributed by atoms with E-state index in [-0.39, 0.29) is 11.4 Å². The van der Waals surface area contributed by atoms with Gasteiger partial charge in [-0.2, -0.15) is 0 Å². The molecule has 2 unspecified atom stereocenters. The molecular weight excluding hydrogens is 350 g/mol. The largest absolute Gasteiger partial charge is 0.346 e. The quantitative estimate of drug-likeness (QED) is 0.683. The molecule has 4 heteroatoms. The van der Waals surface area contributed by atoms with E-state index in [1.54, 1.807) is 0 Å². The molecule has 4 aliphatic rings. The molecular formula is C21H24ClNOS. The molecule has 2 nitrogen and oxygen atoms in total. The highest BCUT2D eigenvalue weighted by atomic mass is 35.5. The molecule has 1 aromatic carbocycles. The zero-order valence-electron chi connectivity index (χ0n) is 14.8. The molecule has 4 aliphatic carbocycles. The highest BCUT2D eigenvalue weighted by Crippen LogP contribution is 2.66. The minimum absolute atomic E-state index is 0.0281. The monoisotopic (exact) mass is 373 g/mol. The normalized spacial score (nSPS) is 39.1. The second-order valence-corrected chi connectivity index (χ2v) is 11.0. The fourth-order valence-corrected chi connectivity index (χ4v) is 8.46. The lowest BCUT2D eigenvalue weighted by atomic mass is 9.43. The molecule has 2 atom stereocenters. The summed E-state index contributed by atoms with van der Waals surface area (Å²) in [5, 5.41) is 5.08. The van der Waals surface area contributed by atoms with Crippen LogP contribution >= 0.6 is 22.9 Å². The number of rotatable bonds is 2. The van der Waals surface area contributed by atoms with Gasteiger partial charge in [-0.05, 0) is 61.3 Å². The van der Waals surface area contributed by atoms with E-state index >= 15 is 0 Å². The van der Waals surface area contributed by atoms with Gasteiger partial charge in [0.1, 0.15) is 4.88 Å². The van der Waals surface area contributed by atoms with Crippen LogP contribution in [0.1, 0.15) is 62.0 Å². The number of fused-ring (bicyclic) bond motifs is 1. The van der Waals surface area contributed by atoms with Crippen molar-refractivity contribution in [2.45, 2.75) is 57.9 Å². The molecule has 1 aromatic heterocycles. The van der Waals surface area contributed by atoms with Gasteiger partial charge in [0, 0.05) is 15.6 Å². The van der Waals surface area contributed by atoms with Crippen molar-refractivity contribution in [3.8, 4) is 0 Å². The first-order valence-corrected chi connectivity index (χ1v) is 10.5. The summed E-state index contributed by atoms with van der Waals surface area (Å²) in [5.74, 6) is 0.796. The van der Waals surface area contributed by atoms with Crippen LogP contribution in [-0.4, -0.2) is 11.4 Å². The van der Waals surface area contributed by atoms with Crippen molar-refractivity contribution in [1.29, 1.82) is 0 Å². The van der Waals surface area contributed by atoms with Crippen LogP contribution in [0.25, 0.3) is 10.1 Å².